The van der Waals surface area contributed by atoms with E-state index < -0.39 is 0 Å². The maximum atomic E-state index is 10.3. The van der Waals surface area contributed by atoms with Crippen LogP contribution in [0.2, 0.25) is 0 Å². The van der Waals surface area contributed by atoms with Crippen molar-refractivity contribution in [3.8, 4) is 0 Å². The molecule has 1 atom stereocenters. The summed E-state index contributed by atoms with van der Waals surface area (Å²) in [6, 6.07) is 0. The molecule has 0 amide bonds. The molecule has 0 saturated heterocycles. The number of carbonyl (C=O) groups is 2. The average Bonchev–Trinajstić information content (AvgIpc) is 2.01. The van der Waals surface area contributed by atoms with Gasteiger partial charge in [-0.3, -0.25) is 4.79 Å². The van der Waals surface area contributed by atoms with Crippen molar-refractivity contribution in [2.45, 2.75) is 60.5 Å². The van der Waals surface area contributed by atoms with E-state index in [9.17, 15) is 9.59 Å². The molecule has 0 fully saturated rings. The predicted molar refractivity (Wildman–Crippen MR) is 61.7 cm³/mol. The summed E-state index contributed by atoms with van der Waals surface area (Å²) in [5.74, 6) is 0.617. The van der Waals surface area contributed by atoms with Crippen LogP contribution in [0.5, 0.6) is 0 Å². The van der Waals surface area contributed by atoms with E-state index in [1.165, 1.54) is 6.92 Å². The van der Waals surface area contributed by atoms with Gasteiger partial charge in [0.1, 0.15) is 5.78 Å². The lowest BCUT2D eigenvalue weighted by molar-refractivity contribution is -0.145. The topological polar surface area (TPSA) is 43.4 Å². The van der Waals surface area contributed by atoms with Gasteiger partial charge in [0.05, 0.1) is 6.10 Å². The summed E-state index contributed by atoms with van der Waals surface area (Å²) >= 11 is 0. The Morgan fingerprint density at radius 3 is 1.67 bits per heavy atom. The van der Waals surface area contributed by atoms with E-state index >= 15 is 0 Å². The minimum Gasteiger partial charge on any atom is -0.463 e. The minimum absolute atomic E-state index is 0.0764. The molecule has 0 aromatic carbocycles. The van der Waals surface area contributed by atoms with Gasteiger partial charge in [0.15, 0.2) is 0 Å². The van der Waals surface area contributed by atoms with Crippen LogP contribution >= 0.6 is 0 Å². The summed E-state index contributed by atoms with van der Waals surface area (Å²) in [6.07, 6.45) is 1.69. The second-order valence-electron chi connectivity index (χ2n) is 4.13. The molecule has 0 heterocycles. The lowest BCUT2D eigenvalue weighted by Gasteiger charge is -2.06. The molecule has 3 heteroatoms. The fourth-order valence-electron chi connectivity index (χ4n) is 0.942. The van der Waals surface area contributed by atoms with Gasteiger partial charge in [-0.05, 0) is 26.2 Å². The van der Waals surface area contributed by atoms with Gasteiger partial charge in [0.25, 0.3) is 0 Å². The van der Waals surface area contributed by atoms with Crippen LogP contribution in [0.25, 0.3) is 0 Å². The van der Waals surface area contributed by atoms with Crippen LogP contribution in [-0.4, -0.2) is 17.9 Å². The molecule has 15 heavy (non-hydrogen) atoms. The number of esters is 1. The largest absolute Gasteiger partial charge is 0.463 e. The van der Waals surface area contributed by atoms with E-state index in [2.05, 4.69) is 0 Å². The van der Waals surface area contributed by atoms with E-state index in [0.29, 0.717) is 5.92 Å². The highest BCUT2D eigenvalue weighted by Crippen LogP contribution is 1.97. The SMILES string of the molecule is CC(=O)CC(C)C.CCC(C)OC(C)=O. The third-order valence-corrected chi connectivity index (χ3v) is 1.64. The number of Topliss-reactive ketones (excluding diaryl/α,β-unsaturated/α-hetero) is 1. The zero-order chi connectivity index (χ0) is 12.4. The molecule has 0 aromatic heterocycles. The molecule has 0 aliphatic carbocycles. The maximum Gasteiger partial charge on any atom is 0.302 e. The number of carbonyl (C=O) groups excluding carboxylic acids is 2. The molecular weight excluding hydrogens is 192 g/mol. The van der Waals surface area contributed by atoms with E-state index in [4.69, 9.17) is 4.74 Å². The Morgan fingerprint density at radius 1 is 1.13 bits per heavy atom. The van der Waals surface area contributed by atoms with Gasteiger partial charge in [0.2, 0.25) is 0 Å². The van der Waals surface area contributed by atoms with Crippen LogP contribution in [0.3, 0.4) is 0 Å². The normalized spacial score (nSPS) is 11.4. The van der Waals surface area contributed by atoms with Gasteiger partial charge < -0.3 is 9.53 Å². The highest BCUT2D eigenvalue weighted by molar-refractivity contribution is 5.75. The van der Waals surface area contributed by atoms with Crippen molar-refractivity contribution in [1.29, 1.82) is 0 Å². The number of rotatable bonds is 4. The number of hydrogen-bond donors (Lipinski definition) is 0. The Bertz CT molecular complexity index is 185. The lowest BCUT2D eigenvalue weighted by Crippen LogP contribution is -2.09. The van der Waals surface area contributed by atoms with Gasteiger partial charge in [-0.15, -0.1) is 0 Å². The van der Waals surface area contributed by atoms with E-state index in [0.717, 1.165) is 12.8 Å². The molecule has 0 aromatic rings. The number of hydrogen-bond acceptors (Lipinski definition) is 3. The number of ketones is 1. The molecule has 0 aliphatic rings. The second-order valence-corrected chi connectivity index (χ2v) is 4.13. The molecule has 0 N–H and O–H groups in total. The van der Waals surface area contributed by atoms with E-state index in [-0.39, 0.29) is 17.9 Å². The summed E-state index contributed by atoms with van der Waals surface area (Å²) in [5.41, 5.74) is 0. The molecule has 0 saturated carbocycles. The fraction of sp³-hybridized carbons (Fsp3) is 0.833. The van der Waals surface area contributed by atoms with Crippen molar-refractivity contribution in [2.75, 3.05) is 0 Å². The zero-order valence-corrected chi connectivity index (χ0v) is 10.8. The van der Waals surface area contributed by atoms with E-state index in [1.807, 2.05) is 27.7 Å². The summed E-state index contributed by atoms with van der Waals surface area (Å²) in [7, 11) is 0. The van der Waals surface area contributed by atoms with Crippen LogP contribution in [0.4, 0.5) is 0 Å². The van der Waals surface area contributed by atoms with Gasteiger partial charge in [-0.1, -0.05) is 20.8 Å². The van der Waals surface area contributed by atoms with Gasteiger partial charge in [-0.25, -0.2) is 0 Å². The average molecular weight is 216 g/mol. The van der Waals surface area contributed by atoms with Crippen LogP contribution in [0.1, 0.15) is 54.4 Å². The lowest BCUT2D eigenvalue weighted by atomic mass is 10.1. The highest BCUT2D eigenvalue weighted by Gasteiger charge is 1.99. The smallest absolute Gasteiger partial charge is 0.302 e. The first-order valence-corrected chi connectivity index (χ1v) is 5.46. The first-order chi connectivity index (χ1) is 6.79. The fourth-order valence-corrected chi connectivity index (χ4v) is 0.942. The Kier molecular flexibility index (Phi) is 10.7. The molecular formula is C12H24O3. The number of ether oxygens (including phenoxy) is 1. The second kappa shape index (κ2) is 9.69. The Balaban J connectivity index is 0. The van der Waals surface area contributed by atoms with Crippen molar-refractivity contribution in [1.82, 2.24) is 0 Å². The Hall–Kier alpha value is -0.860. The Morgan fingerprint density at radius 2 is 1.60 bits per heavy atom. The molecule has 90 valence electrons. The van der Waals surface area contributed by atoms with Crippen molar-refractivity contribution >= 4 is 11.8 Å². The Labute approximate surface area is 93.2 Å². The monoisotopic (exact) mass is 216 g/mol. The zero-order valence-electron chi connectivity index (χ0n) is 10.8. The molecule has 0 bridgehead atoms. The van der Waals surface area contributed by atoms with Crippen LogP contribution < -0.4 is 0 Å². The first-order valence-electron chi connectivity index (χ1n) is 5.46. The quantitative estimate of drug-likeness (QED) is 0.678. The van der Waals surface area contributed by atoms with Crippen LogP contribution in [-0.2, 0) is 14.3 Å². The highest BCUT2D eigenvalue weighted by atomic mass is 16.5. The third-order valence-electron chi connectivity index (χ3n) is 1.64. The minimum atomic E-state index is -0.195. The van der Waals surface area contributed by atoms with Gasteiger partial charge in [-0.2, -0.15) is 0 Å². The molecule has 0 spiro atoms. The maximum absolute atomic E-state index is 10.3. The van der Waals surface area contributed by atoms with Crippen molar-refractivity contribution in [3.05, 3.63) is 0 Å². The summed E-state index contributed by atoms with van der Waals surface area (Å²) in [6.45, 7) is 11.0. The molecule has 0 aliphatic heterocycles. The molecule has 0 radical (unpaired) electrons. The van der Waals surface area contributed by atoms with Gasteiger partial charge in [0, 0.05) is 13.3 Å². The van der Waals surface area contributed by atoms with Crippen molar-refractivity contribution in [3.63, 3.8) is 0 Å². The predicted octanol–water partition coefficient (Wildman–Crippen LogP) is 2.97. The van der Waals surface area contributed by atoms with Crippen LogP contribution in [0, 0.1) is 5.92 Å². The summed E-state index contributed by atoms with van der Waals surface area (Å²) in [4.78, 5) is 20.4. The summed E-state index contributed by atoms with van der Waals surface area (Å²) < 4.78 is 4.76. The first kappa shape index (κ1) is 16.6. The van der Waals surface area contributed by atoms with Crippen LogP contribution in [0.15, 0.2) is 0 Å². The van der Waals surface area contributed by atoms with Crippen molar-refractivity contribution in [2.24, 2.45) is 5.92 Å². The molecule has 1 unspecified atom stereocenters. The molecule has 0 rings (SSSR count). The summed E-state index contributed by atoms with van der Waals surface area (Å²) in [5, 5.41) is 0. The van der Waals surface area contributed by atoms with Gasteiger partial charge >= 0.3 is 5.97 Å². The standard InChI is InChI=1S/C6H12O2.C6H12O/c1-4-5(2)8-6(3)7;1-5(2)4-6(3)7/h5H,4H2,1-3H3;5H,4H2,1-3H3. The van der Waals surface area contributed by atoms with Crippen molar-refractivity contribution < 1.29 is 14.3 Å². The third kappa shape index (κ3) is 19.5. The van der Waals surface area contributed by atoms with E-state index in [1.54, 1.807) is 6.92 Å². The molecule has 3 nitrogen and oxygen atoms in total.